The summed E-state index contributed by atoms with van der Waals surface area (Å²) in [4.78, 5) is 0. The van der Waals surface area contributed by atoms with E-state index in [0.29, 0.717) is 0 Å². The van der Waals surface area contributed by atoms with Gasteiger partial charge in [0.05, 0.1) is 0 Å². The molecule has 0 saturated carbocycles. The number of rotatable bonds is 2. The van der Waals surface area contributed by atoms with Gasteiger partial charge in [0.25, 0.3) is 0 Å². The van der Waals surface area contributed by atoms with Gasteiger partial charge in [0.2, 0.25) is 0 Å². The van der Waals surface area contributed by atoms with E-state index in [2.05, 4.69) is 39.8 Å². The summed E-state index contributed by atoms with van der Waals surface area (Å²) in [6.45, 7) is 9.06. The molecule has 0 bridgehead atoms. The van der Waals surface area contributed by atoms with Crippen molar-refractivity contribution in [2.75, 3.05) is 0 Å². The van der Waals surface area contributed by atoms with Crippen LogP contribution in [-0.2, 0) is 24.7 Å². The first-order valence-corrected chi connectivity index (χ1v) is 7.39. The van der Waals surface area contributed by atoms with Crippen LogP contribution < -0.4 is 0 Å². The van der Waals surface area contributed by atoms with Crippen molar-refractivity contribution in [2.45, 2.75) is 44.2 Å². The first-order valence-electron chi connectivity index (χ1n) is 5.97. The van der Waals surface area contributed by atoms with E-state index >= 15 is 0 Å². The van der Waals surface area contributed by atoms with Crippen molar-refractivity contribution in [1.82, 2.24) is 0 Å². The topological polar surface area (TPSA) is 0 Å². The average molecular weight is 294 g/mol. The Balaban J connectivity index is 0. The van der Waals surface area contributed by atoms with Crippen LogP contribution in [0.3, 0.4) is 0 Å². The molecule has 16 heavy (non-hydrogen) atoms. The van der Waals surface area contributed by atoms with Gasteiger partial charge in [-0.3, -0.25) is 0 Å². The van der Waals surface area contributed by atoms with Gasteiger partial charge >= 0.3 is 114 Å². The van der Waals surface area contributed by atoms with Crippen LogP contribution >= 0.6 is 0 Å². The molecule has 0 unspecified atom stereocenters. The van der Waals surface area contributed by atoms with Gasteiger partial charge in [-0.15, -0.1) is 0 Å². The molecule has 0 aliphatic heterocycles. The fourth-order valence-corrected chi connectivity index (χ4v) is 4.17. The van der Waals surface area contributed by atoms with E-state index in [1.165, 1.54) is 24.0 Å². The second-order valence-corrected chi connectivity index (χ2v) is 6.34. The molecule has 0 saturated heterocycles. The Morgan fingerprint density at radius 2 is 1.31 bits per heavy atom. The molecule has 2 rings (SSSR count). The van der Waals surface area contributed by atoms with Crippen molar-refractivity contribution in [3.05, 3.63) is 45.6 Å². The van der Waals surface area contributed by atoms with Crippen LogP contribution in [0.5, 0.6) is 0 Å². The van der Waals surface area contributed by atoms with Crippen molar-refractivity contribution in [1.29, 1.82) is 0 Å². The molecule has 2 aliphatic rings. The first kappa shape index (κ1) is 12.3. The SMILES string of the molecule is CC1=CCC([CH]([Zr+3])C2=C(C)C(C)=CC2)=C1C.[H-].[H-].[H-]. The predicted molar refractivity (Wildman–Crippen MR) is 69.2 cm³/mol. The van der Waals surface area contributed by atoms with Crippen molar-refractivity contribution in [3.63, 3.8) is 0 Å². The zero-order valence-corrected chi connectivity index (χ0v) is 13.1. The van der Waals surface area contributed by atoms with Crippen molar-refractivity contribution >= 4 is 0 Å². The normalized spacial score (nSPS) is 21.2. The van der Waals surface area contributed by atoms with E-state index in [-0.39, 0.29) is 4.28 Å². The smallest absolute Gasteiger partial charge is 1.00 e. The Bertz CT molecular complexity index is 414. The molecular formula is C15H22Zr. The van der Waals surface area contributed by atoms with Gasteiger partial charge in [-0.25, -0.2) is 0 Å². The molecule has 2 aliphatic carbocycles. The zero-order valence-electron chi connectivity index (χ0n) is 13.6. The summed E-state index contributed by atoms with van der Waals surface area (Å²) >= 11 is 1.65. The molecule has 0 atom stereocenters. The average Bonchev–Trinajstić information content (AvgIpc) is 2.74. The minimum absolute atomic E-state index is 0. The maximum absolute atomic E-state index is 2.38. The molecule has 1 heteroatoms. The molecule has 0 aromatic rings. The fourth-order valence-electron chi connectivity index (χ4n) is 2.52. The van der Waals surface area contributed by atoms with E-state index in [9.17, 15) is 0 Å². The van der Waals surface area contributed by atoms with Crippen molar-refractivity contribution in [3.8, 4) is 0 Å². The van der Waals surface area contributed by atoms with Crippen LogP contribution in [0.15, 0.2) is 45.6 Å². The van der Waals surface area contributed by atoms with Gasteiger partial charge in [0.1, 0.15) is 0 Å². The second-order valence-electron chi connectivity index (χ2n) is 4.92. The van der Waals surface area contributed by atoms with E-state index in [1.54, 1.807) is 47.0 Å². The summed E-state index contributed by atoms with van der Waals surface area (Å²) in [6, 6.07) is 0. The summed E-state index contributed by atoms with van der Waals surface area (Å²) in [7, 11) is 0. The summed E-state index contributed by atoms with van der Waals surface area (Å²) in [5.41, 5.74) is 9.42. The van der Waals surface area contributed by atoms with Gasteiger partial charge in [-0.05, 0) is 0 Å². The Morgan fingerprint density at radius 1 is 0.938 bits per heavy atom. The minimum atomic E-state index is 0. The summed E-state index contributed by atoms with van der Waals surface area (Å²) in [6.07, 6.45) is 7.13. The molecule has 0 aromatic carbocycles. The number of hydrogen-bond donors (Lipinski definition) is 0. The quantitative estimate of drug-likeness (QED) is 0.672. The Labute approximate surface area is 119 Å². The standard InChI is InChI=1S/C15H19.Zr.3H/c1-10-5-7-14(12(10)3)9-15-8-6-11(2)13(15)4;;;;/h5-6,9H,7-8H2,1-4H3;;;;/q;+3;3*-1. The van der Waals surface area contributed by atoms with Gasteiger partial charge in [0, 0.05) is 0 Å². The van der Waals surface area contributed by atoms with Crippen molar-refractivity contribution < 1.29 is 29.0 Å². The Hall–Kier alpha value is -0.157. The monoisotopic (exact) mass is 292 g/mol. The largest absolute Gasteiger partial charge is 1.00 e. The van der Waals surface area contributed by atoms with Gasteiger partial charge in [-0.2, -0.15) is 0 Å². The van der Waals surface area contributed by atoms with Crippen molar-refractivity contribution in [2.24, 2.45) is 0 Å². The Morgan fingerprint density at radius 3 is 1.56 bits per heavy atom. The predicted octanol–water partition coefficient (Wildman–Crippen LogP) is 4.99. The van der Waals surface area contributed by atoms with Crippen LogP contribution in [0, 0.1) is 0 Å². The number of hydrogen-bond acceptors (Lipinski definition) is 0. The molecular weight excluding hydrogens is 271 g/mol. The third kappa shape index (κ3) is 1.99. The minimum Gasteiger partial charge on any atom is -1.00 e. The third-order valence-corrected chi connectivity index (χ3v) is 5.81. The van der Waals surface area contributed by atoms with Crippen LogP contribution in [0.4, 0.5) is 0 Å². The van der Waals surface area contributed by atoms with E-state index in [0.717, 1.165) is 3.63 Å². The van der Waals surface area contributed by atoms with Crippen LogP contribution in [0.1, 0.15) is 44.8 Å². The maximum atomic E-state index is 2.38. The molecule has 0 spiro atoms. The Kier molecular flexibility index (Phi) is 3.54. The first-order chi connectivity index (χ1) is 7.52. The van der Waals surface area contributed by atoms with E-state index in [1.807, 2.05) is 0 Å². The van der Waals surface area contributed by atoms with Gasteiger partial charge < -0.3 is 4.28 Å². The summed E-state index contributed by atoms with van der Waals surface area (Å²) in [5.74, 6) is 0. The van der Waals surface area contributed by atoms with Crippen LogP contribution in [0.2, 0.25) is 3.63 Å². The van der Waals surface area contributed by atoms with E-state index < -0.39 is 0 Å². The summed E-state index contributed by atoms with van der Waals surface area (Å²) in [5, 5.41) is 0. The van der Waals surface area contributed by atoms with Gasteiger partial charge in [0.15, 0.2) is 0 Å². The second kappa shape index (κ2) is 4.61. The van der Waals surface area contributed by atoms with Crippen LogP contribution in [0.25, 0.3) is 0 Å². The van der Waals surface area contributed by atoms with Crippen LogP contribution in [-0.4, -0.2) is 0 Å². The molecule has 86 valence electrons. The van der Waals surface area contributed by atoms with E-state index in [4.69, 9.17) is 0 Å². The van der Waals surface area contributed by atoms with Gasteiger partial charge in [-0.1, -0.05) is 0 Å². The summed E-state index contributed by atoms with van der Waals surface area (Å²) < 4.78 is 0.717. The fraction of sp³-hybridized carbons (Fsp3) is 0.467. The maximum Gasteiger partial charge on any atom is -1.00 e. The molecule has 0 aromatic heterocycles. The molecule has 0 N–H and O–H groups in total. The molecule has 0 heterocycles. The molecule has 0 radical (unpaired) electrons. The molecule has 0 amide bonds. The number of allylic oxidation sites excluding steroid dienone is 8. The molecule has 0 nitrogen and oxygen atoms in total. The third-order valence-electron chi connectivity index (χ3n) is 4.10. The zero-order chi connectivity index (χ0) is 11.9. The molecule has 0 fully saturated rings.